The molecule has 0 unspecified atom stereocenters. The number of aliphatic hydroxyl groups is 1. The average molecular weight is 268 g/mol. The van der Waals surface area contributed by atoms with Crippen molar-refractivity contribution >= 4 is 0 Å². The third kappa shape index (κ3) is 3.67. The Morgan fingerprint density at radius 3 is 1.67 bits per heavy atom. The molecule has 18 heavy (non-hydrogen) atoms. The van der Waals surface area contributed by atoms with Gasteiger partial charge in [-0.2, -0.15) is 26.3 Å². The van der Waals surface area contributed by atoms with Crippen LogP contribution in [0.15, 0.2) is 18.2 Å². The lowest BCUT2D eigenvalue weighted by molar-refractivity contribution is -0.143. The quantitative estimate of drug-likeness (QED) is 0.566. The fraction of sp³-hybridized carbons (Fsp3) is 0.273. The van der Waals surface area contributed by atoms with Gasteiger partial charge in [0.05, 0.1) is 11.1 Å². The molecule has 0 aromatic heterocycles. The van der Waals surface area contributed by atoms with Crippen LogP contribution in [0.1, 0.15) is 16.7 Å². The van der Waals surface area contributed by atoms with Gasteiger partial charge in [-0.3, -0.25) is 0 Å². The minimum Gasteiger partial charge on any atom is -0.384 e. The Bertz CT molecular complexity index is 457. The maximum absolute atomic E-state index is 12.4. The molecule has 0 aliphatic heterocycles. The highest BCUT2D eigenvalue weighted by Crippen LogP contribution is 2.36. The smallest absolute Gasteiger partial charge is 0.384 e. The number of alkyl halides is 6. The standard InChI is InChI=1S/C11H6F6O/c12-10(13,14)8-4-7(2-1-3-18)5-9(6-8)11(15,16)17/h4-6,18H,3H2. The highest BCUT2D eigenvalue weighted by atomic mass is 19.4. The van der Waals surface area contributed by atoms with Crippen LogP contribution in [-0.2, 0) is 12.4 Å². The molecular formula is C11H6F6O. The van der Waals surface area contributed by atoms with E-state index in [2.05, 4.69) is 0 Å². The molecule has 0 aliphatic carbocycles. The summed E-state index contributed by atoms with van der Waals surface area (Å²) in [5.41, 5.74) is -3.31. The number of rotatable bonds is 0. The fourth-order valence-electron chi connectivity index (χ4n) is 1.17. The van der Waals surface area contributed by atoms with Crippen LogP contribution in [0.3, 0.4) is 0 Å². The molecule has 1 aromatic rings. The second-order valence-electron chi connectivity index (χ2n) is 3.25. The molecule has 0 atom stereocenters. The summed E-state index contributed by atoms with van der Waals surface area (Å²) in [5, 5.41) is 8.37. The predicted molar refractivity (Wildman–Crippen MR) is 50.4 cm³/mol. The van der Waals surface area contributed by atoms with Crippen molar-refractivity contribution in [1.29, 1.82) is 0 Å². The summed E-state index contributed by atoms with van der Waals surface area (Å²) in [6.07, 6.45) is -9.78. The lowest BCUT2D eigenvalue weighted by atomic mass is 10.1. The van der Waals surface area contributed by atoms with E-state index in [1.54, 1.807) is 0 Å². The Hall–Kier alpha value is -1.68. The third-order valence-corrected chi connectivity index (χ3v) is 1.90. The van der Waals surface area contributed by atoms with E-state index < -0.39 is 35.6 Å². The summed E-state index contributed by atoms with van der Waals surface area (Å²) < 4.78 is 74.4. The summed E-state index contributed by atoms with van der Waals surface area (Å²) >= 11 is 0. The van der Waals surface area contributed by atoms with E-state index in [-0.39, 0.29) is 6.07 Å². The first-order valence-corrected chi connectivity index (χ1v) is 4.54. The zero-order chi connectivity index (χ0) is 14.0. The molecular weight excluding hydrogens is 262 g/mol. The van der Waals surface area contributed by atoms with Crippen molar-refractivity contribution in [1.82, 2.24) is 0 Å². The molecule has 1 aromatic carbocycles. The lowest BCUT2D eigenvalue weighted by Crippen LogP contribution is -2.11. The largest absolute Gasteiger partial charge is 0.416 e. The van der Waals surface area contributed by atoms with Gasteiger partial charge in [-0.15, -0.1) is 0 Å². The van der Waals surface area contributed by atoms with Crippen molar-refractivity contribution in [2.24, 2.45) is 0 Å². The van der Waals surface area contributed by atoms with Gasteiger partial charge in [-0.25, -0.2) is 0 Å². The molecule has 1 N–H and O–H groups in total. The van der Waals surface area contributed by atoms with Crippen molar-refractivity contribution in [3.8, 4) is 11.8 Å². The minimum absolute atomic E-state index is 0.0180. The van der Waals surface area contributed by atoms with E-state index >= 15 is 0 Å². The van der Waals surface area contributed by atoms with Gasteiger partial charge >= 0.3 is 12.4 Å². The topological polar surface area (TPSA) is 20.2 Å². The van der Waals surface area contributed by atoms with Crippen LogP contribution in [0, 0.1) is 11.8 Å². The summed E-state index contributed by atoms with van der Waals surface area (Å²) in [5.74, 6) is 4.01. The zero-order valence-corrected chi connectivity index (χ0v) is 8.65. The number of hydrogen-bond donors (Lipinski definition) is 1. The molecule has 0 aliphatic rings. The maximum atomic E-state index is 12.4. The van der Waals surface area contributed by atoms with E-state index in [0.717, 1.165) is 0 Å². The van der Waals surface area contributed by atoms with Crippen LogP contribution >= 0.6 is 0 Å². The Morgan fingerprint density at radius 2 is 1.33 bits per heavy atom. The van der Waals surface area contributed by atoms with Crippen molar-refractivity contribution in [3.63, 3.8) is 0 Å². The molecule has 1 rings (SSSR count). The summed E-state index contributed by atoms with van der Waals surface area (Å²) in [7, 11) is 0. The SMILES string of the molecule is OCC#Cc1cc(C(F)(F)F)cc(C(F)(F)F)c1. The van der Waals surface area contributed by atoms with Crippen LogP contribution in [0.25, 0.3) is 0 Å². The van der Waals surface area contributed by atoms with E-state index in [0.29, 0.717) is 12.1 Å². The first kappa shape index (κ1) is 14.4. The molecule has 0 spiro atoms. The number of aliphatic hydroxyl groups excluding tert-OH is 1. The Kier molecular flexibility index (Phi) is 3.92. The van der Waals surface area contributed by atoms with Crippen molar-refractivity contribution < 1.29 is 31.4 Å². The molecule has 0 heterocycles. The third-order valence-electron chi connectivity index (χ3n) is 1.90. The van der Waals surface area contributed by atoms with E-state index in [1.165, 1.54) is 0 Å². The second kappa shape index (κ2) is 4.90. The van der Waals surface area contributed by atoms with Gasteiger partial charge in [0, 0.05) is 5.56 Å². The molecule has 1 nitrogen and oxygen atoms in total. The molecule has 0 bridgehead atoms. The minimum atomic E-state index is -4.89. The Labute approximate surface area is 98.0 Å². The number of hydrogen-bond acceptors (Lipinski definition) is 1. The molecule has 0 saturated carbocycles. The lowest BCUT2D eigenvalue weighted by Gasteiger charge is -2.12. The van der Waals surface area contributed by atoms with Crippen LogP contribution in [-0.4, -0.2) is 11.7 Å². The number of halogens is 6. The van der Waals surface area contributed by atoms with E-state index in [9.17, 15) is 26.3 Å². The Balaban J connectivity index is 3.39. The van der Waals surface area contributed by atoms with E-state index in [4.69, 9.17) is 5.11 Å². The highest BCUT2D eigenvalue weighted by molar-refractivity contribution is 5.42. The van der Waals surface area contributed by atoms with E-state index in [1.807, 2.05) is 11.8 Å². The number of benzene rings is 1. The summed E-state index contributed by atoms with van der Waals surface area (Å²) in [6, 6.07) is 1.01. The molecule has 98 valence electrons. The van der Waals surface area contributed by atoms with Crippen molar-refractivity contribution in [3.05, 3.63) is 34.9 Å². The Morgan fingerprint density at radius 1 is 0.889 bits per heavy atom. The van der Waals surface area contributed by atoms with Crippen molar-refractivity contribution in [2.45, 2.75) is 12.4 Å². The average Bonchev–Trinajstić information content (AvgIpc) is 2.23. The summed E-state index contributed by atoms with van der Waals surface area (Å²) in [6.45, 7) is -0.655. The normalized spacial score (nSPS) is 11.9. The molecule has 0 saturated heterocycles. The first-order chi connectivity index (χ1) is 8.14. The van der Waals surface area contributed by atoms with Gasteiger partial charge in [0.15, 0.2) is 0 Å². The van der Waals surface area contributed by atoms with Crippen molar-refractivity contribution in [2.75, 3.05) is 6.61 Å². The molecule has 0 amide bonds. The van der Waals surface area contributed by atoms with Gasteiger partial charge < -0.3 is 5.11 Å². The van der Waals surface area contributed by atoms with Crippen LogP contribution < -0.4 is 0 Å². The highest BCUT2D eigenvalue weighted by Gasteiger charge is 2.36. The monoisotopic (exact) mass is 268 g/mol. The van der Waals surface area contributed by atoms with Gasteiger partial charge in [-0.05, 0) is 18.2 Å². The summed E-state index contributed by atoms with van der Waals surface area (Å²) in [4.78, 5) is 0. The van der Waals surface area contributed by atoms with Gasteiger partial charge in [0.2, 0.25) is 0 Å². The van der Waals surface area contributed by atoms with Gasteiger partial charge in [-0.1, -0.05) is 11.8 Å². The van der Waals surface area contributed by atoms with Gasteiger partial charge in [0.1, 0.15) is 6.61 Å². The van der Waals surface area contributed by atoms with Crippen LogP contribution in [0.2, 0.25) is 0 Å². The first-order valence-electron chi connectivity index (χ1n) is 4.54. The predicted octanol–water partition coefficient (Wildman–Crippen LogP) is 3.07. The maximum Gasteiger partial charge on any atom is 0.416 e. The van der Waals surface area contributed by atoms with Crippen LogP contribution in [0.4, 0.5) is 26.3 Å². The fourth-order valence-corrected chi connectivity index (χ4v) is 1.17. The molecule has 0 fully saturated rings. The van der Waals surface area contributed by atoms with Gasteiger partial charge in [0.25, 0.3) is 0 Å². The second-order valence-corrected chi connectivity index (χ2v) is 3.25. The molecule has 0 radical (unpaired) electrons. The zero-order valence-electron chi connectivity index (χ0n) is 8.65. The van der Waals surface area contributed by atoms with Crippen LogP contribution in [0.5, 0.6) is 0 Å². The molecule has 7 heteroatoms.